The minimum Gasteiger partial charge on any atom is -0.343 e. The van der Waals surface area contributed by atoms with Crippen molar-refractivity contribution in [1.82, 2.24) is 10.2 Å². The summed E-state index contributed by atoms with van der Waals surface area (Å²) in [6.07, 6.45) is 2.27. The third-order valence-corrected chi connectivity index (χ3v) is 4.14. The second-order valence-corrected chi connectivity index (χ2v) is 6.56. The molecule has 1 N–H and O–H groups in total. The van der Waals surface area contributed by atoms with Gasteiger partial charge in [0.15, 0.2) is 0 Å². The van der Waals surface area contributed by atoms with Gasteiger partial charge in [-0.1, -0.05) is 41.0 Å². The third kappa shape index (κ3) is 3.28. The van der Waals surface area contributed by atoms with Gasteiger partial charge in [0, 0.05) is 6.04 Å². The fourth-order valence-electron chi connectivity index (χ4n) is 2.53. The highest BCUT2D eigenvalue weighted by atomic mass is 16.2. The van der Waals surface area contributed by atoms with Gasteiger partial charge in [-0.05, 0) is 25.2 Å². The van der Waals surface area contributed by atoms with Crippen molar-refractivity contribution in [3.05, 3.63) is 0 Å². The van der Waals surface area contributed by atoms with Gasteiger partial charge in [0.05, 0.1) is 0 Å². The number of nitrogens with zero attached hydrogens (tertiary/aromatic N) is 1. The number of nitrogens with one attached hydrogen (secondary N) is 1. The van der Waals surface area contributed by atoms with Crippen LogP contribution in [0.1, 0.15) is 60.8 Å². The number of carbonyl (C=O) groups excluding carboxylic acids is 2. The minimum atomic E-state index is -0.342. The van der Waals surface area contributed by atoms with Gasteiger partial charge in [0.25, 0.3) is 0 Å². The first kappa shape index (κ1) is 16.0. The van der Waals surface area contributed by atoms with Gasteiger partial charge in [-0.2, -0.15) is 0 Å². The first-order valence-electron chi connectivity index (χ1n) is 7.36. The molecule has 0 aromatic carbocycles. The summed E-state index contributed by atoms with van der Waals surface area (Å²) in [6.45, 7) is 12.4. The van der Waals surface area contributed by atoms with Crippen molar-refractivity contribution in [2.24, 2.45) is 5.41 Å². The number of rotatable bonds is 4. The molecule has 4 heteroatoms. The van der Waals surface area contributed by atoms with Crippen LogP contribution >= 0.6 is 0 Å². The molecule has 1 saturated heterocycles. The zero-order chi connectivity index (χ0) is 14.8. The van der Waals surface area contributed by atoms with Gasteiger partial charge in [-0.3, -0.25) is 9.59 Å². The predicted molar refractivity (Wildman–Crippen MR) is 76.7 cm³/mol. The van der Waals surface area contributed by atoms with Crippen molar-refractivity contribution in [3.63, 3.8) is 0 Å². The van der Waals surface area contributed by atoms with E-state index in [2.05, 4.69) is 26.1 Å². The lowest BCUT2D eigenvalue weighted by Crippen LogP contribution is -2.66. The second-order valence-electron chi connectivity index (χ2n) is 6.56. The summed E-state index contributed by atoms with van der Waals surface area (Å²) in [5.41, 5.74) is -0.0303. The summed E-state index contributed by atoms with van der Waals surface area (Å²) < 4.78 is 0. The van der Waals surface area contributed by atoms with Crippen LogP contribution in [0.2, 0.25) is 0 Å². The van der Waals surface area contributed by atoms with E-state index in [0.29, 0.717) is 12.8 Å². The molecule has 19 heavy (non-hydrogen) atoms. The van der Waals surface area contributed by atoms with Crippen LogP contribution in [-0.2, 0) is 9.59 Å². The summed E-state index contributed by atoms with van der Waals surface area (Å²) in [5.74, 6) is 0.0763. The Morgan fingerprint density at radius 1 is 1.26 bits per heavy atom. The van der Waals surface area contributed by atoms with E-state index in [1.807, 2.05) is 25.7 Å². The van der Waals surface area contributed by atoms with Crippen LogP contribution in [0, 0.1) is 5.41 Å². The largest absolute Gasteiger partial charge is 0.343 e. The van der Waals surface area contributed by atoms with Gasteiger partial charge < -0.3 is 10.2 Å². The monoisotopic (exact) mass is 268 g/mol. The topological polar surface area (TPSA) is 49.4 Å². The molecule has 1 rings (SSSR count). The molecule has 1 aliphatic rings. The third-order valence-electron chi connectivity index (χ3n) is 4.14. The molecule has 0 radical (unpaired) electrons. The highest BCUT2D eigenvalue weighted by molar-refractivity contribution is 5.97. The quantitative estimate of drug-likeness (QED) is 0.850. The number of hydrogen-bond acceptors (Lipinski definition) is 2. The van der Waals surface area contributed by atoms with Gasteiger partial charge >= 0.3 is 0 Å². The Kier molecular flexibility index (Phi) is 4.99. The van der Waals surface area contributed by atoms with E-state index in [-0.39, 0.29) is 35.4 Å². The number of amides is 2. The highest BCUT2D eigenvalue weighted by Crippen LogP contribution is 2.29. The van der Waals surface area contributed by atoms with Crippen molar-refractivity contribution >= 4 is 11.8 Å². The van der Waals surface area contributed by atoms with Crippen LogP contribution in [0.4, 0.5) is 0 Å². The Balaban J connectivity index is 3.05. The molecule has 0 aromatic rings. The van der Waals surface area contributed by atoms with E-state index in [1.165, 1.54) is 0 Å². The summed E-state index contributed by atoms with van der Waals surface area (Å²) in [5, 5.41) is 2.87. The average molecular weight is 268 g/mol. The van der Waals surface area contributed by atoms with Crippen LogP contribution in [-0.4, -0.2) is 34.8 Å². The van der Waals surface area contributed by atoms with Crippen LogP contribution in [0.25, 0.3) is 0 Å². The van der Waals surface area contributed by atoms with Crippen LogP contribution in [0.15, 0.2) is 0 Å². The Morgan fingerprint density at radius 3 is 2.26 bits per heavy atom. The van der Waals surface area contributed by atoms with Crippen molar-refractivity contribution < 1.29 is 9.59 Å². The van der Waals surface area contributed by atoms with Gasteiger partial charge in [0.2, 0.25) is 11.8 Å². The number of piperazine rings is 1. The molecule has 4 nitrogen and oxygen atoms in total. The zero-order valence-electron chi connectivity index (χ0n) is 13.1. The van der Waals surface area contributed by atoms with E-state index < -0.39 is 0 Å². The molecular weight excluding hydrogens is 240 g/mol. The Hall–Kier alpha value is -1.06. The fourth-order valence-corrected chi connectivity index (χ4v) is 2.53. The normalized spacial score (nSPS) is 26.3. The second kappa shape index (κ2) is 5.93. The summed E-state index contributed by atoms with van der Waals surface area (Å²) >= 11 is 0. The number of carbonyl (C=O) groups is 2. The minimum absolute atomic E-state index is 0.00310. The highest BCUT2D eigenvalue weighted by Gasteiger charge is 2.43. The summed E-state index contributed by atoms with van der Waals surface area (Å²) in [4.78, 5) is 26.6. The average Bonchev–Trinajstić information content (AvgIpc) is 2.31. The molecule has 0 aliphatic carbocycles. The van der Waals surface area contributed by atoms with E-state index in [4.69, 9.17) is 0 Å². The molecule has 3 unspecified atom stereocenters. The standard InChI is InChI=1S/C15H28N2O2/c1-7-9-11-14(19)17(10(3)15(4,5)6)12(8-2)13(18)16-11/h10-12H,7-9H2,1-6H3,(H,16,18). The van der Waals surface area contributed by atoms with Crippen LogP contribution in [0.5, 0.6) is 0 Å². The molecule has 2 amide bonds. The van der Waals surface area contributed by atoms with E-state index >= 15 is 0 Å². The van der Waals surface area contributed by atoms with Crippen molar-refractivity contribution in [2.45, 2.75) is 78.9 Å². The van der Waals surface area contributed by atoms with Crippen molar-refractivity contribution in [3.8, 4) is 0 Å². The molecular formula is C15H28N2O2. The van der Waals surface area contributed by atoms with Crippen molar-refractivity contribution in [1.29, 1.82) is 0 Å². The van der Waals surface area contributed by atoms with Gasteiger partial charge in [-0.25, -0.2) is 0 Å². The maximum Gasteiger partial charge on any atom is 0.246 e. The Bertz CT molecular complexity index is 347. The SMILES string of the molecule is CCCC1NC(=O)C(CC)N(C(C)C(C)(C)C)C1=O. The zero-order valence-corrected chi connectivity index (χ0v) is 13.1. The smallest absolute Gasteiger partial charge is 0.246 e. The molecule has 1 aliphatic heterocycles. The predicted octanol–water partition coefficient (Wildman–Crippen LogP) is 2.33. The summed E-state index contributed by atoms with van der Waals surface area (Å²) in [6, 6.07) is -0.615. The lowest BCUT2D eigenvalue weighted by molar-refractivity contribution is -0.154. The van der Waals surface area contributed by atoms with Gasteiger partial charge in [-0.15, -0.1) is 0 Å². The van der Waals surface area contributed by atoms with E-state index in [0.717, 1.165) is 6.42 Å². The first-order valence-corrected chi connectivity index (χ1v) is 7.36. The molecule has 1 heterocycles. The molecule has 3 atom stereocenters. The fraction of sp³-hybridized carbons (Fsp3) is 0.867. The first-order chi connectivity index (χ1) is 8.73. The van der Waals surface area contributed by atoms with Crippen LogP contribution < -0.4 is 5.32 Å². The molecule has 0 spiro atoms. The molecule has 0 saturated carbocycles. The number of hydrogen-bond donors (Lipinski definition) is 1. The van der Waals surface area contributed by atoms with E-state index in [1.54, 1.807) is 0 Å². The maximum absolute atomic E-state index is 12.6. The van der Waals surface area contributed by atoms with Crippen molar-refractivity contribution in [2.75, 3.05) is 0 Å². The Morgan fingerprint density at radius 2 is 1.84 bits per heavy atom. The Labute approximate surface area is 116 Å². The lowest BCUT2D eigenvalue weighted by Gasteiger charge is -2.46. The molecule has 1 fully saturated rings. The maximum atomic E-state index is 12.6. The molecule has 0 aromatic heterocycles. The lowest BCUT2D eigenvalue weighted by atomic mass is 9.84. The van der Waals surface area contributed by atoms with E-state index in [9.17, 15) is 9.59 Å². The molecule has 0 bridgehead atoms. The molecule has 110 valence electrons. The summed E-state index contributed by atoms with van der Waals surface area (Å²) in [7, 11) is 0. The van der Waals surface area contributed by atoms with Gasteiger partial charge in [0.1, 0.15) is 12.1 Å². The van der Waals surface area contributed by atoms with Crippen LogP contribution in [0.3, 0.4) is 0 Å².